The summed E-state index contributed by atoms with van der Waals surface area (Å²) in [6.45, 7) is 11.2. The molecule has 1 aliphatic rings. The van der Waals surface area contributed by atoms with E-state index in [1.165, 1.54) is 0 Å². The van der Waals surface area contributed by atoms with E-state index < -0.39 is 0 Å². The van der Waals surface area contributed by atoms with Crippen LogP contribution in [-0.2, 0) is 24.9 Å². The normalized spacial score (nSPS) is 19.9. The number of benzene rings is 1. The summed E-state index contributed by atoms with van der Waals surface area (Å²) >= 11 is 0. The number of rotatable bonds is 8. The fourth-order valence-electron chi connectivity index (χ4n) is 4.09. The third-order valence-electron chi connectivity index (χ3n) is 6.11. The van der Waals surface area contributed by atoms with Gasteiger partial charge in [0, 0.05) is 45.9 Å². The molecule has 1 aromatic heterocycles. The highest BCUT2D eigenvalue weighted by Gasteiger charge is 2.30. The number of piperazine rings is 1. The predicted molar refractivity (Wildman–Crippen MR) is 126 cm³/mol. The van der Waals surface area contributed by atoms with Crippen LogP contribution in [0.15, 0.2) is 29.3 Å². The maximum Gasteiger partial charge on any atom is 0.194 e. The Hall–Kier alpha value is -2.65. The molecule has 2 heterocycles. The van der Waals surface area contributed by atoms with Crippen LogP contribution < -0.4 is 10.1 Å². The lowest BCUT2D eigenvalue weighted by Crippen LogP contribution is -2.60. The standard InChI is InChI=1S/C23H37N7O2/c1-17-15-29(16-18(2)30(17)11-12-31-5)23(25-14-22-27-26-19(3)28(22)4)24-13-20-7-9-21(32-6)10-8-20/h7-10,17-18H,11-16H2,1-6H3,(H,24,25). The lowest BCUT2D eigenvalue weighted by Gasteiger charge is -2.45. The first-order chi connectivity index (χ1) is 15.4. The second kappa shape index (κ2) is 11.3. The Morgan fingerprint density at radius 3 is 2.38 bits per heavy atom. The van der Waals surface area contributed by atoms with Crippen LogP contribution in [0.5, 0.6) is 5.75 Å². The number of hydrogen-bond donors (Lipinski definition) is 1. The zero-order chi connectivity index (χ0) is 23.1. The number of nitrogens with zero attached hydrogens (tertiary/aromatic N) is 6. The average Bonchev–Trinajstić information content (AvgIpc) is 3.11. The van der Waals surface area contributed by atoms with Gasteiger partial charge in [0.1, 0.15) is 11.6 Å². The van der Waals surface area contributed by atoms with Gasteiger partial charge < -0.3 is 24.3 Å². The molecular weight excluding hydrogens is 406 g/mol. The SMILES string of the molecule is COCCN1C(C)CN(C(=NCc2ccc(OC)cc2)NCc2nnc(C)n2C)CC1C. The largest absolute Gasteiger partial charge is 0.497 e. The quantitative estimate of drug-likeness (QED) is 0.492. The summed E-state index contributed by atoms with van der Waals surface area (Å²) in [4.78, 5) is 9.83. The van der Waals surface area contributed by atoms with Crippen molar-refractivity contribution in [2.45, 2.75) is 45.9 Å². The van der Waals surface area contributed by atoms with Crippen molar-refractivity contribution < 1.29 is 9.47 Å². The summed E-state index contributed by atoms with van der Waals surface area (Å²) in [6, 6.07) is 8.86. The third-order valence-corrected chi connectivity index (χ3v) is 6.11. The van der Waals surface area contributed by atoms with Crippen LogP contribution in [0.25, 0.3) is 0 Å². The van der Waals surface area contributed by atoms with E-state index in [1.54, 1.807) is 14.2 Å². The van der Waals surface area contributed by atoms with Gasteiger partial charge in [-0.2, -0.15) is 0 Å². The van der Waals surface area contributed by atoms with Crippen LogP contribution in [0.1, 0.15) is 31.1 Å². The fourth-order valence-corrected chi connectivity index (χ4v) is 4.09. The van der Waals surface area contributed by atoms with Crippen molar-refractivity contribution in [1.29, 1.82) is 0 Å². The van der Waals surface area contributed by atoms with Gasteiger partial charge >= 0.3 is 0 Å². The van der Waals surface area contributed by atoms with Crippen molar-refractivity contribution in [3.8, 4) is 5.75 Å². The van der Waals surface area contributed by atoms with Crippen molar-refractivity contribution in [2.75, 3.05) is 40.5 Å². The highest BCUT2D eigenvalue weighted by Crippen LogP contribution is 2.17. The first-order valence-electron chi connectivity index (χ1n) is 11.2. The number of guanidine groups is 1. The molecule has 9 nitrogen and oxygen atoms in total. The molecule has 0 bridgehead atoms. The molecule has 0 saturated carbocycles. The minimum Gasteiger partial charge on any atom is -0.497 e. The minimum atomic E-state index is 0.402. The maximum atomic E-state index is 5.30. The van der Waals surface area contributed by atoms with E-state index >= 15 is 0 Å². The summed E-state index contributed by atoms with van der Waals surface area (Å²) in [5, 5.41) is 12.0. The molecule has 2 unspecified atom stereocenters. The van der Waals surface area contributed by atoms with E-state index in [9.17, 15) is 0 Å². The number of hydrogen-bond acceptors (Lipinski definition) is 6. The van der Waals surface area contributed by atoms with Crippen molar-refractivity contribution in [1.82, 2.24) is 29.9 Å². The second-order valence-corrected chi connectivity index (χ2v) is 8.40. The summed E-state index contributed by atoms with van der Waals surface area (Å²) in [7, 11) is 5.42. The molecule has 1 saturated heterocycles. The smallest absolute Gasteiger partial charge is 0.194 e. The van der Waals surface area contributed by atoms with Crippen molar-refractivity contribution in [3.63, 3.8) is 0 Å². The highest BCUT2D eigenvalue weighted by atomic mass is 16.5. The van der Waals surface area contributed by atoms with Crippen LogP contribution >= 0.6 is 0 Å². The average molecular weight is 444 g/mol. The molecule has 2 atom stereocenters. The van der Waals surface area contributed by atoms with Gasteiger partial charge in [-0.05, 0) is 38.5 Å². The number of aryl methyl sites for hydroxylation is 1. The molecule has 0 amide bonds. The predicted octanol–water partition coefficient (Wildman–Crippen LogP) is 1.82. The molecule has 176 valence electrons. The van der Waals surface area contributed by atoms with Gasteiger partial charge in [0.15, 0.2) is 11.8 Å². The van der Waals surface area contributed by atoms with Gasteiger partial charge in [-0.25, -0.2) is 4.99 Å². The summed E-state index contributed by atoms with van der Waals surface area (Å²) in [5.74, 6) is 3.53. The van der Waals surface area contributed by atoms with Crippen molar-refractivity contribution >= 4 is 5.96 Å². The number of nitrogens with one attached hydrogen (secondary N) is 1. The first-order valence-corrected chi connectivity index (χ1v) is 11.2. The zero-order valence-electron chi connectivity index (χ0n) is 20.2. The number of aliphatic imine (C=N–C) groups is 1. The third kappa shape index (κ3) is 5.98. The van der Waals surface area contributed by atoms with E-state index in [0.29, 0.717) is 25.2 Å². The molecule has 1 aliphatic heterocycles. The molecule has 32 heavy (non-hydrogen) atoms. The van der Waals surface area contributed by atoms with Gasteiger partial charge in [0.05, 0.1) is 26.8 Å². The Balaban J connectivity index is 1.75. The number of ether oxygens (including phenoxy) is 2. The van der Waals surface area contributed by atoms with Crippen molar-refractivity contribution in [3.05, 3.63) is 41.5 Å². The summed E-state index contributed by atoms with van der Waals surface area (Å²) < 4.78 is 12.6. The van der Waals surface area contributed by atoms with Gasteiger partial charge in [-0.3, -0.25) is 4.90 Å². The molecule has 0 radical (unpaired) electrons. The summed E-state index contributed by atoms with van der Waals surface area (Å²) in [5.41, 5.74) is 1.14. The Morgan fingerprint density at radius 2 is 1.81 bits per heavy atom. The topological polar surface area (TPSA) is 80.0 Å². The van der Waals surface area contributed by atoms with Gasteiger partial charge in [0.2, 0.25) is 0 Å². The van der Waals surface area contributed by atoms with E-state index in [1.807, 2.05) is 30.7 Å². The lowest BCUT2D eigenvalue weighted by molar-refractivity contribution is 0.0442. The fraction of sp³-hybridized carbons (Fsp3) is 0.609. The molecule has 1 fully saturated rings. The Morgan fingerprint density at radius 1 is 1.12 bits per heavy atom. The molecule has 1 N–H and O–H groups in total. The molecule has 0 aliphatic carbocycles. The Bertz CT molecular complexity index is 869. The number of aromatic nitrogens is 3. The zero-order valence-corrected chi connectivity index (χ0v) is 20.2. The van der Waals surface area contributed by atoms with E-state index in [-0.39, 0.29) is 0 Å². The first kappa shape index (κ1) is 24.0. The lowest BCUT2D eigenvalue weighted by atomic mass is 10.1. The van der Waals surface area contributed by atoms with Crippen LogP contribution in [0.4, 0.5) is 0 Å². The van der Waals surface area contributed by atoms with Gasteiger partial charge in [-0.15, -0.1) is 10.2 Å². The van der Waals surface area contributed by atoms with E-state index in [2.05, 4.69) is 51.3 Å². The molecule has 3 rings (SSSR count). The Kier molecular flexibility index (Phi) is 8.46. The summed E-state index contributed by atoms with van der Waals surface area (Å²) in [6.07, 6.45) is 0. The maximum absolute atomic E-state index is 5.30. The molecular formula is C23H37N7O2. The van der Waals surface area contributed by atoms with Gasteiger partial charge in [0.25, 0.3) is 0 Å². The van der Waals surface area contributed by atoms with Crippen LogP contribution in [0.3, 0.4) is 0 Å². The molecule has 2 aromatic rings. The number of methoxy groups -OCH3 is 2. The van der Waals surface area contributed by atoms with Crippen molar-refractivity contribution in [2.24, 2.45) is 12.0 Å². The Labute approximate surface area is 191 Å². The van der Waals surface area contributed by atoms with Crippen LogP contribution in [0, 0.1) is 6.92 Å². The molecule has 0 spiro atoms. The highest BCUT2D eigenvalue weighted by molar-refractivity contribution is 5.80. The molecule has 9 heteroatoms. The second-order valence-electron chi connectivity index (χ2n) is 8.40. The minimum absolute atomic E-state index is 0.402. The monoisotopic (exact) mass is 443 g/mol. The van der Waals surface area contributed by atoms with E-state index in [0.717, 1.165) is 55.2 Å². The van der Waals surface area contributed by atoms with Gasteiger partial charge in [-0.1, -0.05) is 12.1 Å². The van der Waals surface area contributed by atoms with E-state index in [4.69, 9.17) is 14.5 Å². The van der Waals surface area contributed by atoms with Crippen LogP contribution in [0.2, 0.25) is 0 Å². The molecule has 1 aromatic carbocycles. The van der Waals surface area contributed by atoms with Crippen LogP contribution in [-0.4, -0.2) is 83.1 Å².